The van der Waals surface area contributed by atoms with Gasteiger partial charge >= 0.3 is 5.97 Å². The van der Waals surface area contributed by atoms with E-state index in [1.807, 2.05) is 0 Å². The third kappa shape index (κ3) is 2.73. The maximum absolute atomic E-state index is 11.9. The number of carbonyl (C=O) groups is 2. The Morgan fingerprint density at radius 3 is 2.84 bits per heavy atom. The zero-order valence-corrected chi connectivity index (χ0v) is 12.0. The first kappa shape index (κ1) is 13.9. The number of anilines is 1. The van der Waals surface area contributed by atoms with Crippen LogP contribution in [0.25, 0.3) is 0 Å². The van der Waals surface area contributed by atoms with E-state index in [0.29, 0.717) is 18.7 Å². The van der Waals surface area contributed by atoms with Crippen LogP contribution >= 0.6 is 15.9 Å². The first-order chi connectivity index (χ1) is 9.06. The molecule has 1 aliphatic heterocycles. The van der Waals surface area contributed by atoms with Gasteiger partial charge in [0, 0.05) is 30.0 Å². The normalized spacial score (nSPS) is 18.7. The zero-order valence-electron chi connectivity index (χ0n) is 10.4. The molecule has 1 aromatic carbocycles. The van der Waals surface area contributed by atoms with E-state index in [1.54, 1.807) is 17.0 Å². The Morgan fingerprint density at radius 2 is 2.32 bits per heavy atom. The van der Waals surface area contributed by atoms with Crippen LogP contribution in [0.1, 0.15) is 16.8 Å². The molecule has 6 heteroatoms. The highest BCUT2D eigenvalue weighted by atomic mass is 79.9. The van der Waals surface area contributed by atoms with Crippen LogP contribution in [-0.2, 0) is 4.79 Å². The minimum absolute atomic E-state index is 0.0505. The summed E-state index contributed by atoms with van der Waals surface area (Å²) in [5, 5.41) is 9.80. The molecule has 0 aliphatic carbocycles. The summed E-state index contributed by atoms with van der Waals surface area (Å²) >= 11 is 3.38. The molecular weight excluding hydrogens is 314 g/mol. The Morgan fingerprint density at radius 1 is 1.58 bits per heavy atom. The molecule has 1 fully saturated rings. The topological polar surface area (TPSA) is 66.8 Å². The summed E-state index contributed by atoms with van der Waals surface area (Å²) < 4.78 is 5.07. The smallest absolute Gasteiger partial charge is 0.339 e. The fraction of sp³-hybridized carbons (Fsp3) is 0.385. The largest absolute Gasteiger partial charge is 0.496 e. The van der Waals surface area contributed by atoms with Gasteiger partial charge in [0.2, 0.25) is 5.91 Å². The van der Waals surface area contributed by atoms with Crippen molar-refractivity contribution in [2.45, 2.75) is 6.42 Å². The lowest BCUT2D eigenvalue weighted by Gasteiger charge is -2.18. The molecule has 5 nitrogen and oxygen atoms in total. The van der Waals surface area contributed by atoms with Crippen molar-refractivity contribution < 1.29 is 19.4 Å². The number of aromatic carboxylic acids is 1. The molecule has 1 N–H and O–H groups in total. The lowest BCUT2D eigenvalue weighted by atomic mass is 10.1. The number of nitrogens with zero attached hydrogens (tertiary/aromatic N) is 1. The zero-order chi connectivity index (χ0) is 14.0. The van der Waals surface area contributed by atoms with Crippen LogP contribution in [0, 0.1) is 5.92 Å². The average molecular weight is 328 g/mol. The molecular formula is C13H14BrNO4. The number of benzene rings is 1. The van der Waals surface area contributed by atoms with Gasteiger partial charge in [-0.1, -0.05) is 15.9 Å². The number of methoxy groups -OCH3 is 1. The van der Waals surface area contributed by atoms with E-state index >= 15 is 0 Å². The number of halogens is 1. The number of alkyl halides is 1. The quantitative estimate of drug-likeness (QED) is 0.860. The van der Waals surface area contributed by atoms with E-state index in [0.717, 1.165) is 5.33 Å². The Balaban J connectivity index is 2.31. The van der Waals surface area contributed by atoms with Crippen LogP contribution in [0.5, 0.6) is 5.75 Å². The van der Waals surface area contributed by atoms with Crippen LogP contribution in [0.4, 0.5) is 5.69 Å². The van der Waals surface area contributed by atoms with Gasteiger partial charge < -0.3 is 14.7 Å². The second-order valence-electron chi connectivity index (χ2n) is 4.42. The van der Waals surface area contributed by atoms with Crippen LogP contribution in [0.15, 0.2) is 18.2 Å². The SMILES string of the molecule is COc1cc(N2CC(CBr)CC2=O)ccc1C(=O)O. The van der Waals surface area contributed by atoms with Crippen molar-refractivity contribution in [3.63, 3.8) is 0 Å². The average Bonchev–Trinajstić information content (AvgIpc) is 2.79. The Kier molecular flexibility index (Phi) is 4.09. The third-order valence-electron chi connectivity index (χ3n) is 3.15. The lowest BCUT2D eigenvalue weighted by molar-refractivity contribution is -0.117. The van der Waals surface area contributed by atoms with Gasteiger partial charge in [0.1, 0.15) is 11.3 Å². The molecule has 1 saturated heterocycles. The van der Waals surface area contributed by atoms with Gasteiger partial charge in [-0.3, -0.25) is 4.79 Å². The first-order valence-electron chi connectivity index (χ1n) is 5.84. The molecule has 0 aromatic heterocycles. The minimum Gasteiger partial charge on any atom is -0.496 e. The van der Waals surface area contributed by atoms with Crippen molar-refractivity contribution in [1.29, 1.82) is 0 Å². The van der Waals surface area contributed by atoms with Crippen molar-refractivity contribution in [3.8, 4) is 5.75 Å². The Hall–Kier alpha value is -1.56. The standard InChI is InChI=1S/C13H14BrNO4/c1-19-11-5-9(2-3-10(11)13(17)18)15-7-8(6-14)4-12(15)16/h2-3,5,8H,4,6-7H2,1H3,(H,17,18). The molecule has 1 atom stereocenters. The number of rotatable bonds is 4. The highest BCUT2D eigenvalue weighted by molar-refractivity contribution is 9.09. The molecule has 1 unspecified atom stereocenters. The summed E-state index contributed by atoms with van der Waals surface area (Å²) in [6.45, 7) is 0.639. The molecule has 1 aliphatic rings. The van der Waals surface area contributed by atoms with Gasteiger partial charge in [-0.05, 0) is 18.1 Å². The van der Waals surface area contributed by atoms with E-state index < -0.39 is 5.97 Å². The molecule has 1 aromatic rings. The number of ether oxygens (including phenoxy) is 1. The van der Waals surface area contributed by atoms with E-state index in [4.69, 9.17) is 9.84 Å². The van der Waals surface area contributed by atoms with Gasteiger partial charge in [-0.2, -0.15) is 0 Å². The fourth-order valence-electron chi connectivity index (χ4n) is 2.16. The van der Waals surface area contributed by atoms with Gasteiger partial charge in [0.05, 0.1) is 7.11 Å². The minimum atomic E-state index is -1.05. The van der Waals surface area contributed by atoms with E-state index in [1.165, 1.54) is 13.2 Å². The van der Waals surface area contributed by atoms with E-state index in [2.05, 4.69) is 15.9 Å². The Bertz CT molecular complexity index is 517. The first-order valence-corrected chi connectivity index (χ1v) is 6.96. The molecule has 0 saturated carbocycles. The number of amides is 1. The highest BCUT2D eigenvalue weighted by Gasteiger charge is 2.30. The van der Waals surface area contributed by atoms with Crippen molar-refractivity contribution in [2.24, 2.45) is 5.92 Å². The third-order valence-corrected chi connectivity index (χ3v) is 4.07. The number of carbonyl (C=O) groups excluding carboxylic acids is 1. The number of hydrogen-bond acceptors (Lipinski definition) is 3. The number of carboxylic acids is 1. The predicted molar refractivity (Wildman–Crippen MR) is 74.2 cm³/mol. The van der Waals surface area contributed by atoms with Crippen LogP contribution in [-0.4, -0.2) is 36.0 Å². The molecule has 0 bridgehead atoms. The van der Waals surface area contributed by atoms with Crippen molar-refractivity contribution in [1.82, 2.24) is 0 Å². The molecule has 102 valence electrons. The van der Waals surface area contributed by atoms with Crippen LogP contribution in [0.3, 0.4) is 0 Å². The molecule has 1 heterocycles. The molecule has 2 rings (SSSR count). The summed E-state index contributed by atoms with van der Waals surface area (Å²) in [6.07, 6.45) is 0.508. The van der Waals surface area contributed by atoms with Gasteiger partial charge in [-0.25, -0.2) is 4.79 Å². The summed E-state index contributed by atoms with van der Waals surface area (Å²) in [5.41, 5.74) is 0.769. The second-order valence-corrected chi connectivity index (χ2v) is 5.07. The fourth-order valence-corrected chi connectivity index (χ4v) is 2.59. The van der Waals surface area contributed by atoms with Crippen LogP contribution in [0.2, 0.25) is 0 Å². The highest BCUT2D eigenvalue weighted by Crippen LogP contribution is 2.30. The molecule has 0 spiro atoms. The lowest BCUT2D eigenvalue weighted by Crippen LogP contribution is -2.24. The predicted octanol–water partition coefficient (Wildman–Crippen LogP) is 2.14. The van der Waals surface area contributed by atoms with Gasteiger partial charge in [0.15, 0.2) is 0 Å². The summed E-state index contributed by atoms with van der Waals surface area (Å²) in [4.78, 5) is 24.6. The van der Waals surface area contributed by atoms with E-state index in [9.17, 15) is 9.59 Å². The maximum atomic E-state index is 11.9. The number of carboxylic acid groups (broad SMARTS) is 1. The van der Waals surface area contributed by atoms with Gasteiger partial charge in [0.25, 0.3) is 0 Å². The maximum Gasteiger partial charge on any atom is 0.339 e. The summed E-state index contributed by atoms with van der Waals surface area (Å²) in [7, 11) is 1.42. The van der Waals surface area contributed by atoms with Crippen molar-refractivity contribution >= 4 is 33.5 Å². The van der Waals surface area contributed by atoms with Gasteiger partial charge in [-0.15, -0.1) is 0 Å². The van der Waals surface area contributed by atoms with Crippen molar-refractivity contribution in [2.75, 3.05) is 23.9 Å². The number of hydrogen-bond donors (Lipinski definition) is 1. The Labute approximate surface area is 119 Å². The second kappa shape index (κ2) is 5.61. The van der Waals surface area contributed by atoms with Crippen molar-refractivity contribution in [3.05, 3.63) is 23.8 Å². The molecule has 1 amide bonds. The van der Waals surface area contributed by atoms with E-state index in [-0.39, 0.29) is 23.1 Å². The van der Waals surface area contributed by atoms with Crippen LogP contribution < -0.4 is 9.64 Å². The summed E-state index contributed by atoms with van der Waals surface area (Å²) in [6, 6.07) is 4.70. The summed E-state index contributed by atoms with van der Waals surface area (Å²) in [5.74, 6) is -0.443. The molecule has 19 heavy (non-hydrogen) atoms. The monoisotopic (exact) mass is 327 g/mol. The molecule has 0 radical (unpaired) electrons.